The molecule has 3 rings (SSSR count). The van der Waals surface area contributed by atoms with E-state index in [0.29, 0.717) is 6.42 Å². The first-order valence-electron chi connectivity index (χ1n) is 7.88. The Balaban J connectivity index is 1.89. The van der Waals surface area contributed by atoms with Crippen LogP contribution in [0.1, 0.15) is 22.5 Å². The number of rotatable bonds is 3. The number of nitrogens with zero attached hydrogens (tertiary/aromatic N) is 5. The van der Waals surface area contributed by atoms with Crippen molar-refractivity contribution in [3.8, 4) is 12.1 Å². The fourth-order valence-electron chi connectivity index (χ4n) is 3.07. The third-order valence-corrected chi connectivity index (χ3v) is 4.40. The smallest absolute Gasteiger partial charge is 0.328 e. The zero-order chi connectivity index (χ0) is 18.7. The van der Waals surface area contributed by atoms with Crippen LogP contribution in [0, 0.1) is 22.7 Å². The Kier molecular flexibility index (Phi) is 4.68. The van der Waals surface area contributed by atoms with Crippen molar-refractivity contribution in [2.75, 3.05) is 7.11 Å². The van der Waals surface area contributed by atoms with E-state index in [-0.39, 0.29) is 30.4 Å². The maximum absolute atomic E-state index is 12.9. The minimum atomic E-state index is -0.730. The van der Waals surface area contributed by atoms with Crippen molar-refractivity contribution >= 4 is 11.9 Å². The summed E-state index contributed by atoms with van der Waals surface area (Å²) in [6.45, 7) is 0.0870. The van der Waals surface area contributed by atoms with Crippen LogP contribution in [0.15, 0.2) is 30.6 Å². The van der Waals surface area contributed by atoms with Crippen molar-refractivity contribution in [1.29, 1.82) is 10.5 Å². The van der Waals surface area contributed by atoms with Gasteiger partial charge in [0.15, 0.2) is 11.4 Å². The lowest BCUT2D eigenvalue weighted by molar-refractivity contribution is -0.154. The van der Waals surface area contributed by atoms with Crippen LogP contribution in [0.5, 0.6) is 0 Å². The van der Waals surface area contributed by atoms with E-state index in [1.807, 2.05) is 36.4 Å². The zero-order valence-electron chi connectivity index (χ0n) is 14.0. The third-order valence-electron chi connectivity index (χ3n) is 4.40. The zero-order valence-corrected chi connectivity index (χ0v) is 14.0. The molecule has 26 heavy (non-hydrogen) atoms. The van der Waals surface area contributed by atoms with E-state index in [4.69, 9.17) is 10.00 Å². The molecule has 1 atom stereocenters. The molecule has 0 aliphatic carbocycles. The number of benzene rings is 1. The molecule has 0 saturated heterocycles. The van der Waals surface area contributed by atoms with Gasteiger partial charge in [-0.2, -0.15) is 10.5 Å². The van der Waals surface area contributed by atoms with Crippen LogP contribution in [0.3, 0.4) is 0 Å². The van der Waals surface area contributed by atoms with Crippen LogP contribution in [0.2, 0.25) is 0 Å². The van der Waals surface area contributed by atoms with E-state index < -0.39 is 12.0 Å². The molecule has 1 aliphatic rings. The standard InChI is InChI=1S/C18H15N5O3/c1-26-18(25)15-6-12-4-2-3-5-13(12)9-23(15)17(24)10-22-11-21-14(7-19)16(22)8-20/h2-5,11,15H,6,9-10H2,1H3/t15-/m0/s1. The second kappa shape index (κ2) is 7.08. The molecule has 1 aliphatic heterocycles. The number of esters is 1. The van der Waals surface area contributed by atoms with Gasteiger partial charge in [0.25, 0.3) is 0 Å². The molecule has 0 bridgehead atoms. The van der Waals surface area contributed by atoms with Crippen LogP contribution < -0.4 is 0 Å². The first-order chi connectivity index (χ1) is 12.6. The summed E-state index contributed by atoms with van der Waals surface area (Å²) < 4.78 is 6.17. The molecule has 2 aromatic rings. The number of hydrogen-bond donors (Lipinski definition) is 0. The van der Waals surface area contributed by atoms with E-state index in [2.05, 4.69) is 4.98 Å². The van der Waals surface area contributed by atoms with Crippen molar-refractivity contribution < 1.29 is 14.3 Å². The minimum Gasteiger partial charge on any atom is -0.467 e. The highest BCUT2D eigenvalue weighted by Crippen LogP contribution is 2.24. The predicted molar refractivity (Wildman–Crippen MR) is 88.2 cm³/mol. The van der Waals surface area contributed by atoms with E-state index in [1.54, 1.807) is 0 Å². The fraction of sp³-hybridized carbons (Fsp3) is 0.278. The minimum absolute atomic E-state index is 0.0212. The van der Waals surface area contributed by atoms with Crippen LogP contribution in [0.4, 0.5) is 0 Å². The molecule has 2 heterocycles. The van der Waals surface area contributed by atoms with Crippen LogP contribution in [-0.2, 0) is 33.8 Å². The highest BCUT2D eigenvalue weighted by molar-refractivity contribution is 5.85. The number of imidazole rings is 1. The Bertz CT molecular complexity index is 950. The van der Waals surface area contributed by atoms with E-state index in [0.717, 1.165) is 11.1 Å². The summed E-state index contributed by atoms with van der Waals surface area (Å²) in [7, 11) is 1.29. The van der Waals surface area contributed by atoms with Crippen molar-refractivity contribution in [2.24, 2.45) is 0 Å². The fourth-order valence-corrected chi connectivity index (χ4v) is 3.07. The lowest BCUT2D eigenvalue weighted by Crippen LogP contribution is -2.50. The van der Waals surface area contributed by atoms with Gasteiger partial charge in [0, 0.05) is 13.0 Å². The summed E-state index contributed by atoms with van der Waals surface area (Å²) in [6, 6.07) is 10.6. The maximum Gasteiger partial charge on any atom is 0.328 e. The molecule has 1 aromatic carbocycles. The molecule has 0 fully saturated rings. The van der Waals surface area contributed by atoms with Gasteiger partial charge in [0.2, 0.25) is 5.91 Å². The monoisotopic (exact) mass is 349 g/mol. The molecule has 0 N–H and O–H groups in total. The van der Waals surface area contributed by atoms with Crippen molar-refractivity contribution in [3.05, 3.63) is 53.1 Å². The normalized spacial score (nSPS) is 15.5. The number of methoxy groups -OCH3 is 1. The highest BCUT2D eigenvalue weighted by atomic mass is 16.5. The quantitative estimate of drug-likeness (QED) is 0.756. The van der Waals surface area contributed by atoms with Crippen molar-refractivity contribution in [1.82, 2.24) is 14.5 Å². The third kappa shape index (κ3) is 3.01. The summed E-state index contributed by atoms with van der Waals surface area (Å²) in [6.07, 6.45) is 1.65. The first kappa shape index (κ1) is 17.2. The van der Waals surface area contributed by atoms with Crippen molar-refractivity contribution in [2.45, 2.75) is 25.6 Å². The van der Waals surface area contributed by atoms with Crippen LogP contribution >= 0.6 is 0 Å². The topological polar surface area (TPSA) is 112 Å². The van der Waals surface area contributed by atoms with Crippen LogP contribution in [-0.4, -0.2) is 39.5 Å². The second-order valence-corrected chi connectivity index (χ2v) is 5.83. The molecule has 1 aromatic heterocycles. The number of carbonyl (C=O) groups is 2. The summed E-state index contributed by atoms with van der Waals surface area (Å²) in [5, 5.41) is 18.2. The average Bonchev–Trinajstić information content (AvgIpc) is 3.07. The van der Waals surface area contributed by atoms with E-state index in [9.17, 15) is 14.9 Å². The Morgan fingerprint density at radius 3 is 2.65 bits per heavy atom. The largest absolute Gasteiger partial charge is 0.467 e. The summed E-state index contributed by atoms with van der Waals surface area (Å²) in [5.41, 5.74) is 1.95. The molecule has 1 amide bonds. The Labute approximate surface area is 149 Å². The first-order valence-corrected chi connectivity index (χ1v) is 7.88. The van der Waals surface area contributed by atoms with Gasteiger partial charge >= 0.3 is 5.97 Å². The molecule has 130 valence electrons. The predicted octanol–water partition coefficient (Wildman–Crippen LogP) is 0.753. The number of hydrogen-bond acceptors (Lipinski definition) is 6. The van der Waals surface area contributed by atoms with Crippen molar-refractivity contribution in [3.63, 3.8) is 0 Å². The van der Waals surface area contributed by atoms with E-state index in [1.165, 1.54) is 22.9 Å². The molecule has 0 radical (unpaired) electrons. The van der Waals surface area contributed by atoms with E-state index >= 15 is 0 Å². The number of nitriles is 2. The molecule has 0 unspecified atom stereocenters. The molecular weight excluding hydrogens is 334 g/mol. The number of aromatic nitrogens is 2. The van der Waals surface area contributed by atoms with Gasteiger partial charge in [-0.25, -0.2) is 9.78 Å². The summed E-state index contributed by atoms with van der Waals surface area (Å²) in [4.78, 5) is 30.3. The Morgan fingerprint density at radius 1 is 1.27 bits per heavy atom. The summed E-state index contributed by atoms with van der Waals surface area (Å²) in [5.74, 6) is -0.843. The SMILES string of the molecule is COC(=O)[C@@H]1Cc2ccccc2CN1C(=O)Cn1cnc(C#N)c1C#N. The molecule has 0 spiro atoms. The van der Waals surface area contributed by atoms with Gasteiger partial charge in [-0.1, -0.05) is 24.3 Å². The van der Waals surface area contributed by atoms with Gasteiger partial charge in [0.05, 0.1) is 13.4 Å². The number of fused-ring (bicyclic) bond motifs is 1. The molecule has 8 nitrogen and oxygen atoms in total. The number of carbonyl (C=O) groups excluding carboxylic acids is 2. The van der Waals surface area contributed by atoms with Gasteiger partial charge in [-0.3, -0.25) is 4.79 Å². The average molecular weight is 349 g/mol. The Hall–Kier alpha value is -3.65. The lowest BCUT2D eigenvalue weighted by Gasteiger charge is -2.35. The highest BCUT2D eigenvalue weighted by Gasteiger charge is 2.35. The van der Waals surface area contributed by atoms with Gasteiger partial charge < -0.3 is 14.2 Å². The molecular formula is C18H15N5O3. The van der Waals surface area contributed by atoms with Gasteiger partial charge in [-0.05, 0) is 11.1 Å². The maximum atomic E-state index is 12.9. The lowest BCUT2D eigenvalue weighted by atomic mass is 9.94. The van der Waals surface area contributed by atoms with Gasteiger partial charge in [0.1, 0.15) is 24.7 Å². The van der Waals surface area contributed by atoms with Crippen LogP contribution in [0.25, 0.3) is 0 Å². The number of ether oxygens (including phenoxy) is 1. The second-order valence-electron chi connectivity index (χ2n) is 5.83. The molecule has 0 saturated carbocycles. The van der Waals surface area contributed by atoms with Gasteiger partial charge in [-0.15, -0.1) is 0 Å². The number of amides is 1. The Morgan fingerprint density at radius 2 is 2.00 bits per heavy atom. The summed E-state index contributed by atoms with van der Waals surface area (Å²) >= 11 is 0. The molecule has 8 heteroatoms.